The van der Waals surface area contributed by atoms with E-state index in [-0.39, 0.29) is 21.1 Å². The Morgan fingerprint density at radius 2 is 0.838 bits per heavy atom. The second-order valence-electron chi connectivity index (χ2n) is 9.51. The number of aromatic nitrogens is 4. The molecule has 0 saturated carbocycles. The van der Waals surface area contributed by atoms with Crippen molar-refractivity contribution in [2.75, 3.05) is 0 Å². The van der Waals surface area contributed by atoms with Crippen LogP contribution in [0.3, 0.4) is 0 Å². The predicted molar refractivity (Wildman–Crippen MR) is 153 cm³/mol. The first kappa shape index (κ1) is 27.3. The number of nitrogens with zero attached hydrogens (tertiary/aromatic N) is 4. The van der Waals surface area contributed by atoms with E-state index in [4.69, 9.17) is 19.9 Å². The molecule has 8 bridgehead atoms. The summed E-state index contributed by atoms with van der Waals surface area (Å²) in [5.74, 6) is 0. The molecule has 2 aliphatic rings. The number of fused-ring (bicyclic) bond motifs is 8. The largest absolute Gasteiger partial charge is 2.00 e. The Hall–Kier alpha value is -2.71. The third-order valence-corrected chi connectivity index (χ3v) is 7.59. The molecule has 0 spiro atoms. The molecule has 0 radical (unpaired) electrons. The van der Waals surface area contributed by atoms with Crippen LogP contribution >= 0.6 is 0 Å². The molecule has 0 N–H and O–H groups in total. The van der Waals surface area contributed by atoms with Gasteiger partial charge in [-0.3, -0.25) is 0 Å². The first-order valence-electron chi connectivity index (χ1n) is 13.6. The summed E-state index contributed by atoms with van der Waals surface area (Å²) in [4.78, 5) is 20.4. The van der Waals surface area contributed by atoms with Gasteiger partial charge in [-0.15, -0.1) is 22.1 Å². The maximum absolute atomic E-state index is 5.20. The van der Waals surface area contributed by atoms with Gasteiger partial charge in [0.1, 0.15) is 0 Å². The monoisotopic (exact) mass is 671 g/mol. The maximum atomic E-state index is 5.20. The summed E-state index contributed by atoms with van der Waals surface area (Å²) in [7, 11) is 0. The van der Waals surface area contributed by atoms with Gasteiger partial charge < -0.3 is 9.97 Å². The average Bonchev–Trinajstić information content (AvgIpc) is 3.62. The van der Waals surface area contributed by atoms with Gasteiger partial charge in [-0.1, -0.05) is 88.1 Å². The zero-order chi connectivity index (χ0) is 25.4. The van der Waals surface area contributed by atoms with E-state index in [1.54, 1.807) is 0 Å². The van der Waals surface area contributed by atoms with Crippen LogP contribution in [0, 0.1) is 0 Å². The Morgan fingerprint density at radius 3 is 1.16 bits per heavy atom. The van der Waals surface area contributed by atoms with Gasteiger partial charge in [0.2, 0.25) is 0 Å². The molecular formula is C32H36N4Pt. The van der Waals surface area contributed by atoms with E-state index >= 15 is 0 Å². The molecule has 5 rings (SSSR count). The average molecular weight is 672 g/mol. The van der Waals surface area contributed by atoms with E-state index in [1.807, 2.05) is 0 Å². The van der Waals surface area contributed by atoms with Crippen molar-refractivity contribution in [2.24, 2.45) is 0 Å². The van der Waals surface area contributed by atoms with Gasteiger partial charge in [0.05, 0.1) is 22.8 Å². The summed E-state index contributed by atoms with van der Waals surface area (Å²) in [6.45, 7) is 13.3. The van der Waals surface area contributed by atoms with Crippen LogP contribution in [-0.2, 0) is 46.7 Å². The first-order valence-corrected chi connectivity index (χ1v) is 13.6. The van der Waals surface area contributed by atoms with Crippen LogP contribution in [0.2, 0.25) is 0 Å². The summed E-state index contributed by atoms with van der Waals surface area (Å²) in [5.41, 5.74) is 16.1. The van der Waals surface area contributed by atoms with Crippen LogP contribution in [0.5, 0.6) is 0 Å². The minimum atomic E-state index is 0. The Balaban J connectivity index is 0.00000320. The van der Waals surface area contributed by atoms with Crippen LogP contribution in [0.1, 0.15) is 99.4 Å². The van der Waals surface area contributed by atoms with E-state index in [0.717, 1.165) is 83.4 Å². The van der Waals surface area contributed by atoms with Crippen molar-refractivity contribution in [1.82, 2.24) is 19.9 Å². The minimum absolute atomic E-state index is 0. The van der Waals surface area contributed by atoms with Gasteiger partial charge in [-0.2, -0.15) is 0 Å². The molecule has 0 aliphatic carbocycles. The normalized spacial score (nSPS) is 12.8. The first-order chi connectivity index (χ1) is 17.5. The molecular weight excluding hydrogens is 635 g/mol. The van der Waals surface area contributed by atoms with Gasteiger partial charge in [0.25, 0.3) is 0 Å². The van der Waals surface area contributed by atoms with Crippen molar-refractivity contribution in [1.29, 1.82) is 0 Å². The van der Waals surface area contributed by atoms with Gasteiger partial charge in [-0.05, 0) is 61.8 Å². The number of hydrogen-bond donors (Lipinski definition) is 0. The molecule has 0 unspecified atom stereocenters. The molecule has 4 nitrogen and oxygen atoms in total. The van der Waals surface area contributed by atoms with Gasteiger partial charge >= 0.3 is 21.1 Å². The third kappa shape index (κ3) is 4.81. The van der Waals surface area contributed by atoms with Crippen molar-refractivity contribution in [3.8, 4) is 0 Å². The SMILES string of the molecule is CCC1=C(CC)c2cc3[n-]c(cc4nc(cc5[n-]c(cc1n2)c(CC)c5CC)C=C4)c(CC)c3CC.[Pt+2]. The molecule has 0 saturated heterocycles. The van der Waals surface area contributed by atoms with Crippen LogP contribution in [0.25, 0.3) is 45.4 Å². The Bertz CT molecular complexity index is 1440. The summed E-state index contributed by atoms with van der Waals surface area (Å²) in [6.07, 6.45) is 9.87. The molecule has 0 amide bonds. The molecule has 37 heavy (non-hydrogen) atoms. The topological polar surface area (TPSA) is 54.0 Å². The minimum Gasteiger partial charge on any atom is -0.657 e. The molecule has 0 atom stereocenters. The Labute approximate surface area is 235 Å². The van der Waals surface area contributed by atoms with E-state index in [1.165, 1.54) is 33.4 Å². The van der Waals surface area contributed by atoms with Crippen LogP contribution in [0.15, 0.2) is 24.3 Å². The second kappa shape index (κ2) is 11.4. The zero-order valence-corrected chi connectivity index (χ0v) is 25.1. The van der Waals surface area contributed by atoms with Crippen molar-refractivity contribution in [3.63, 3.8) is 0 Å². The number of rotatable bonds is 6. The molecule has 3 aromatic rings. The molecule has 5 heteroatoms. The van der Waals surface area contributed by atoms with Gasteiger partial charge in [0, 0.05) is 0 Å². The van der Waals surface area contributed by atoms with Gasteiger partial charge in [-0.25, -0.2) is 9.97 Å². The van der Waals surface area contributed by atoms with Gasteiger partial charge in [0.15, 0.2) is 0 Å². The fourth-order valence-electron chi connectivity index (χ4n) is 5.90. The third-order valence-electron chi connectivity index (χ3n) is 7.59. The smallest absolute Gasteiger partial charge is 0.657 e. The molecule has 2 aliphatic heterocycles. The fraction of sp³-hybridized carbons (Fsp3) is 0.375. The van der Waals surface area contributed by atoms with Crippen LogP contribution in [0.4, 0.5) is 0 Å². The maximum Gasteiger partial charge on any atom is 2.00 e. The predicted octanol–water partition coefficient (Wildman–Crippen LogP) is 7.72. The molecule has 5 heterocycles. The standard InChI is InChI=1S/C32H36N4.Pt/c1-7-21-23(9-3)29-17-31-25(11-5)26(12-6)32(36-31)18-30-24(10-4)22(8-2)28(35-30)16-20-14-13-19(33-20)15-27(21)34-29;/h13-18H,7-12H2,1-6H3;/q-2;+2. The summed E-state index contributed by atoms with van der Waals surface area (Å²) in [5, 5.41) is 0. The van der Waals surface area contributed by atoms with Crippen molar-refractivity contribution >= 4 is 45.4 Å². The van der Waals surface area contributed by atoms with Crippen molar-refractivity contribution < 1.29 is 21.1 Å². The Morgan fingerprint density at radius 1 is 0.486 bits per heavy atom. The summed E-state index contributed by atoms with van der Waals surface area (Å²) >= 11 is 0. The second-order valence-corrected chi connectivity index (χ2v) is 9.51. The van der Waals surface area contributed by atoms with E-state index < -0.39 is 0 Å². The van der Waals surface area contributed by atoms with Crippen LogP contribution in [-0.4, -0.2) is 9.97 Å². The van der Waals surface area contributed by atoms with E-state index in [2.05, 4.69) is 78.0 Å². The number of hydrogen-bond acceptors (Lipinski definition) is 2. The van der Waals surface area contributed by atoms with E-state index in [0.29, 0.717) is 0 Å². The number of allylic oxidation sites excluding steroid dienone is 2. The van der Waals surface area contributed by atoms with Crippen molar-refractivity contribution in [2.45, 2.75) is 80.1 Å². The van der Waals surface area contributed by atoms with Crippen molar-refractivity contribution in [3.05, 3.63) is 69.3 Å². The van der Waals surface area contributed by atoms with E-state index in [9.17, 15) is 0 Å². The van der Waals surface area contributed by atoms with Crippen LogP contribution < -0.4 is 9.97 Å². The Kier molecular flexibility index (Phi) is 8.38. The fourth-order valence-corrected chi connectivity index (χ4v) is 5.90. The summed E-state index contributed by atoms with van der Waals surface area (Å²) in [6, 6.07) is 8.71. The molecule has 0 fully saturated rings. The zero-order valence-electron chi connectivity index (χ0n) is 22.8. The quantitative estimate of drug-likeness (QED) is 0.211. The summed E-state index contributed by atoms with van der Waals surface area (Å²) < 4.78 is 0. The number of aryl methyl sites for hydroxylation is 4. The molecule has 3 aromatic heterocycles. The molecule has 0 aromatic carbocycles. The molecule has 194 valence electrons.